The van der Waals surface area contributed by atoms with Crippen LogP contribution >= 0.6 is 12.2 Å². The number of imidazole rings is 1. The van der Waals surface area contributed by atoms with Crippen LogP contribution < -0.4 is 0 Å². The Bertz CT molecular complexity index is 659. The number of H-pyrrole nitrogens is 1. The average Bonchev–Trinajstić information content (AvgIpc) is 2.49. The minimum atomic E-state index is -0.246. The molecule has 0 fully saturated rings. The molecule has 0 spiro atoms. The fourth-order valence-corrected chi connectivity index (χ4v) is 3.52. The van der Waals surface area contributed by atoms with Gasteiger partial charge in [-0.05, 0) is 56.1 Å². The maximum Gasteiger partial charge on any atom is 0.178 e. The fraction of sp³-hybridized carbons (Fsp3) is 0.533. The van der Waals surface area contributed by atoms with Gasteiger partial charge in [-0.15, -0.1) is 0 Å². The van der Waals surface area contributed by atoms with Gasteiger partial charge in [0.25, 0.3) is 0 Å². The predicted molar refractivity (Wildman–Crippen MR) is 80.5 cm³/mol. The predicted octanol–water partition coefficient (Wildman–Crippen LogP) is 5.01. The van der Waals surface area contributed by atoms with Crippen LogP contribution in [0, 0.1) is 16.0 Å². The van der Waals surface area contributed by atoms with Gasteiger partial charge in [-0.1, -0.05) is 20.8 Å². The highest BCUT2D eigenvalue weighted by Gasteiger charge is 2.29. The Labute approximate surface area is 118 Å². The molecule has 104 valence electrons. The van der Waals surface area contributed by atoms with Crippen molar-refractivity contribution >= 4 is 23.3 Å². The van der Waals surface area contributed by atoms with Crippen molar-refractivity contribution in [2.75, 3.05) is 0 Å². The molecular formula is C15H21FN2S. The number of aromatic amines is 1. The van der Waals surface area contributed by atoms with E-state index in [-0.39, 0.29) is 16.8 Å². The van der Waals surface area contributed by atoms with Crippen LogP contribution in [0.2, 0.25) is 0 Å². The molecular weight excluding hydrogens is 259 g/mol. The fourth-order valence-electron chi connectivity index (χ4n) is 3.06. The first kappa shape index (κ1) is 14.3. The lowest BCUT2D eigenvalue weighted by molar-refractivity contribution is 0.217. The molecule has 2 nitrogen and oxygen atoms in total. The first-order valence-electron chi connectivity index (χ1n) is 6.51. The molecule has 0 atom stereocenters. The normalized spacial score (nSPS) is 13.2. The molecule has 0 radical (unpaired) electrons. The van der Waals surface area contributed by atoms with E-state index in [9.17, 15) is 4.39 Å². The number of rotatable bonds is 2. The molecule has 0 amide bonds. The van der Waals surface area contributed by atoms with Gasteiger partial charge in [0, 0.05) is 5.54 Å². The number of hydrogen-bond acceptors (Lipinski definition) is 1. The summed E-state index contributed by atoms with van der Waals surface area (Å²) in [5.74, 6) is -0.246. The summed E-state index contributed by atoms with van der Waals surface area (Å²) in [5, 5.41) is 0. The van der Waals surface area contributed by atoms with Crippen molar-refractivity contribution in [2.45, 2.75) is 46.6 Å². The molecule has 0 saturated carbocycles. The molecule has 0 aliphatic rings. The van der Waals surface area contributed by atoms with E-state index in [4.69, 9.17) is 12.2 Å². The van der Waals surface area contributed by atoms with Crippen LogP contribution in [0.5, 0.6) is 0 Å². The number of halogens is 1. The van der Waals surface area contributed by atoms with Crippen LogP contribution in [-0.2, 0) is 5.54 Å². The number of benzene rings is 1. The Morgan fingerprint density at radius 2 is 1.84 bits per heavy atom. The van der Waals surface area contributed by atoms with Gasteiger partial charge in [-0.25, -0.2) is 4.39 Å². The molecule has 2 rings (SSSR count). The van der Waals surface area contributed by atoms with Crippen LogP contribution in [0.25, 0.3) is 11.0 Å². The molecule has 0 bridgehead atoms. The Balaban J connectivity index is 2.62. The lowest BCUT2D eigenvalue weighted by Gasteiger charge is -2.34. The van der Waals surface area contributed by atoms with Gasteiger partial charge < -0.3 is 9.55 Å². The van der Waals surface area contributed by atoms with Crippen LogP contribution in [0.3, 0.4) is 0 Å². The minimum absolute atomic E-state index is 0.120. The van der Waals surface area contributed by atoms with E-state index >= 15 is 0 Å². The first-order valence-corrected chi connectivity index (χ1v) is 6.92. The van der Waals surface area contributed by atoms with Crippen LogP contribution in [0.1, 0.15) is 41.0 Å². The lowest BCUT2D eigenvalue weighted by Crippen LogP contribution is -2.31. The summed E-state index contributed by atoms with van der Waals surface area (Å²) in [6.07, 6.45) is 0.985. The summed E-state index contributed by atoms with van der Waals surface area (Å²) >= 11 is 5.42. The highest BCUT2D eigenvalue weighted by molar-refractivity contribution is 7.71. The zero-order valence-corrected chi connectivity index (χ0v) is 13.0. The summed E-state index contributed by atoms with van der Waals surface area (Å²) in [4.78, 5) is 3.10. The quantitative estimate of drug-likeness (QED) is 0.767. The zero-order chi connectivity index (χ0) is 14.4. The Morgan fingerprint density at radius 3 is 2.42 bits per heavy atom. The van der Waals surface area contributed by atoms with Gasteiger partial charge in [-0.2, -0.15) is 0 Å². The second-order valence-electron chi connectivity index (χ2n) is 6.98. The number of hydrogen-bond donors (Lipinski definition) is 1. The summed E-state index contributed by atoms with van der Waals surface area (Å²) in [7, 11) is 0. The second-order valence-corrected chi connectivity index (χ2v) is 7.36. The summed E-state index contributed by atoms with van der Waals surface area (Å²) < 4.78 is 16.0. The second kappa shape index (κ2) is 4.44. The van der Waals surface area contributed by atoms with E-state index in [1.807, 2.05) is 0 Å². The molecule has 19 heavy (non-hydrogen) atoms. The molecule has 1 aromatic carbocycles. The average molecular weight is 280 g/mol. The van der Waals surface area contributed by atoms with E-state index in [1.165, 1.54) is 12.1 Å². The first-order chi connectivity index (χ1) is 8.60. The van der Waals surface area contributed by atoms with E-state index < -0.39 is 0 Å². The molecule has 1 N–H and O–H groups in total. The Kier molecular flexibility index (Phi) is 3.33. The molecule has 2 aromatic rings. The van der Waals surface area contributed by atoms with Crippen molar-refractivity contribution < 1.29 is 4.39 Å². The summed E-state index contributed by atoms with van der Waals surface area (Å²) in [6, 6.07) is 4.77. The maximum absolute atomic E-state index is 13.3. The molecule has 1 heterocycles. The van der Waals surface area contributed by atoms with Crippen LogP contribution in [-0.4, -0.2) is 9.55 Å². The maximum atomic E-state index is 13.3. The standard InChI is InChI=1S/C15H21FN2S/c1-14(2,3)9-15(4,5)18-12-7-6-10(16)8-11(12)17-13(18)19/h6-8H,9H2,1-5H3,(H,17,19). The van der Waals surface area contributed by atoms with E-state index in [0.29, 0.717) is 4.77 Å². The van der Waals surface area contributed by atoms with Gasteiger partial charge in [0.05, 0.1) is 11.0 Å². The van der Waals surface area contributed by atoms with E-state index in [1.54, 1.807) is 6.07 Å². The third-order valence-corrected chi connectivity index (χ3v) is 3.50. The zero-order valence-electron chi connectivity index (χ0n) is 12.2. The van der Waals surface area contributed by atoms with Crippen LogP contribution in [0.4, 0.5) is 4.39 Å². The molecule has 0 unspecified atom stereocenters. The van der Waals surface area contributed by atoms with Crippen molar-refractivity contribution in [1.29, 1.82) is 0 Å². The van der Waals surface area contributed by atoms with Crippen molar-refractivity contribution in [1.82, 2.24) is 9.55 Å². The SMILES string of the molecule is CC(C)(C)CC(C)(C)n1c(=S)[nH]c2cc(F)ccc21. The third kappa shape index (κ3) is 2.89. The number of nitrogens with one attached hydrogen (secondary N) is 1. The monoisotopic (exact) mass is 280 g/mol. The van der Waals surface area contributed by atoms with Crippen molar-refractivity contribution in [3.05, 3.63) is 28.8 Å². The molecule has 0 aliphatic heterocycles. The minimum Gasteiger partial charge on any atom is -0.330 e. The van der Waals surface area contributed by atoms with Gasteiger partial charge in [-0.3, -0.25) is 0 Å². The van der Waals surface area contributed by atoms with Gasteiger partial charge >= 0.3 is 0 Å². The number of aromatic nitrogens is 2. The number of fused-ring (bicyclic) bond motifs is 1. The van der Waals surface area contributed by atoms with Gasteiger partial charge in [0.15, 0.2) is 4.77 Å². The Hall–Kier alpha value is -1.16. The van der Waals surface area contributed by atoms with Crippen molar-refractivity contribution in [3.63, 3.8) is 0 Å². The Morgan fingerprint density at radius 1 is 1.21 bits per heavy atom. The van der Waals surface area contributed by atoms with Crippen molar-refractivity contribution in [2.24, 2.45) is 5.41 Å². The smallest absolute Gasteiger partial charge is 0.178 e. The number of nitrogens with zero attached hydrogens (tertiary/aromatic N) is 1. The van der Waals surface area contributed by atoms with E-state index in [0.717, 1.165) is 17.5 Å². The summed E-state index contributed by atoms with van der Waals surface area (Å²) in [5.41, 5.74) is 1.79. The highest BCUT2D eigenvalue weighted by Crippen LogP contribution is 2.34. The van der Waals surface area contributed by atoms with Gasteiger partial charge in [0.2, 0.25) is 0 Å². The molecule has 1 aromatic heterocycles. The molecule has 0 saturated heterocycles. The van der Waals surface area contributed by atoms with Crippen LogP contribution in [0.15, 0.2) is 18.2 Å². The topological polar surface area (TPSA) is 20.7 Å². The van der Waals surface area contributed by atoms with Crippen molar-refractivity contribution in [3.8, 4) is 0 Å². The van der Waals surface area contributed by atoms with Gasteiger partial charge in [0.1, 0.15) is 5.82 Å². The van der Waals surface area contributed by atoms with E-state index in [2.05, 4.69) is 44.2 Å². The summed E-state index contributed by atoms with van der Waals surface area (Å²) in [6.45, 7) is 11.0. The molecule has 4 heteroatoms. The largest absolute Gasteiger partial charge is 0.330 e. The highest BCUT2D eigenvalue weighted by atomic mass is 32.1. The third-order valence-electron chi connectivity index (χ3n) is 3.21. The lowest BCUT2D eigenvalue weighted by atomic mass is 9.81. The molecule has 0 aliphatic carbocycles.